The van der Waals surface area contributed by atoms with E-state index in [0.29, 0.717) is 23.7 Å². The van der Waals surface area contributed by atoms with Crippen LogP contribution in [0, 0.1) is 6.92 Å². The average molecular weight is 470 g/mol. The molecule has 7 nitrogen and oxygen atoms in total. The van der Waals surface area contributed by atoms with Gasteiger partial charge in [0.15, 0.2) is 0 Å². The minimum Gasteiger partial charge on any atom is -0.497 e. The maximum Gasteiger partial charge on any atom is 0.270 e. The van der Waals surface area contributed by atoms with Crippen molar-refractivity contribution in [3.05, 3.63) is 78.4 Å². The molecule has 0 saturated heterocycles. The lowest BCUT2D eigenvalue weighted by atomic mass is 10.2. The number of rotatable bonds is 10. The summed E-state index contributed by atoms with van der Waals surface area (Å²) in [6.07, 6.45) is 0.341. The van der Waals surface area contributed by atoms with Crippen molar-refractivity contribution < 1.29 is 27.4 Å². The van der Waals surface area contributed by atoms with Crippen LogP contribution in [0.25, 0.3) is 0 Å². The zero-order valence-corrected chi connectivity index (χ0v) is 19.7. The molecule has 0 aromatic heterocycles. The molecule has 0 saturated carbocycles. The van der Waals surface area contributed by atoms with Crippen molar-refractivity contribution in [3.8, 4) is 17.2 Å². The molecular formula is C25H27NO6S. The van der Waals surface area contributed by atoms with Gasteiger partial charge in [-0.25, -0.2) is 12.7 Å². The molecule has 0 unspecified atom stereocenters. The molecule has 0 aliphatic carbocycles. The first-order valence-corrected chi connectivity index (χ1v) is 11.8. The quantitative estimate of drug-likeness (QED) is 0.404. The molecule has 0 heterocycles. The zero-order chi connectivity index (χ0) is 23.8. The van der Waals surface area contributed by atoms with Crippen LogP contribution in [0.1, 0.15) is 18.4 Å². The maximum atomic E-state index is 13.4. The second kappa shape index (κ2) is 10.9. The van der Waals surface area contributed by atoms with E-state index < -0.39 is 15.9 Å². The van der Waals surface area contributed by atoms with Crippen LogP contribution in [0.2, 0.25) is 0 Å². The normalized spacial score (nSPS) is 11.0. The Bertz CT molecular complexity index is 1160. The van der Waals surface area contributed by atoms with E-state index in [2.05, 4.69) is 0 Å². The molecule has 33 heavy (non-hydrogen) atoms. The second-order valence-electron chi connectivity index (χ2n) is 7.30. The monoisotopic (exact) mass is 469 g/mol. The van der Waals surface area contributed by atoms with Crippen LogP contribution in [-0.2, 0) is 14.8 Å². The van der Waals surface area contributed by atoms with E-state index in [1.54, 1.807) is 67.8 Å². The van der Waals surface area contributed by atoms with Crippen LogP contribution < -0.4 is 18.5 Å². The smallest absolute Gasteiger partial charge is 0.270 e. The van der Waals surface area contributed by atoms with Crippen LogP contribution in [0.3, 0.4) is 0 Å². The van der Waals surface area contributed by atoms with Crippen molar-refractivity contribution in [2.24, 2.45) is 0 Å². The molecule has 3 aromatic carbocycles. The Balaban J connectivity index is 1.76. The number of aryl methyl sites for hydroxylation is 1. The summed E-state index contributed by atoms with van der Waals surface area (Å²) < 4.78 is 43.6. The molecule has 0 aliphatic heterocycles. The summed E-state index contributed by atoms with van der Waals surface area (Å²) in [5.74, 6) is 1.38. The van der Waals surface area contributed by atoms with Crippen LogP contribution >= 0.6 is 0 Å². The lowest BCUT2D eigenvalue weighted by molar-refractivity contribution is -0.117. The minimum atomic E-state index is -4.10. The molecule has 0 N–H and O–H groups in total. The van der Waals surface area contributed by atoms with E-state index in [1.807, 2.05) is 6.92 Å². The Labute approximate surface area is 194 Å². The van der Waals surface area contributed by atoms with E-state index in [-0.39, 0.29) is 23.6 Å². The number of hydrogen-bond acceptors (Lipinski definition) is 6. The summed E-state index contributed by atoms with van der Waals surface area (Å²) in [6.45, 7) is 2.13. The van der Waals surface area contributed by atoms with Gasteiger partial charge in [-0.05, 0) is 74.0 Å². The highest BCUT2D eigenvalue weighted by molar-refractivity contribution is 7.93. The summed E-state index contributed by atoms with van der Waals surface area (Å²) in [6, 6.07) is 19.8. The van der Waals surface area contributed by atoms with Gasteiger partial charge in [-0.2, -0.15) is 0 Å². The van der Waals surface area contributed by atoms with Crippen LogP contribution in [-0.4, -0.2) is 35.2 Å². The van der Waals surface area contributed by atoms with Crippen LogP contribution in [0.15, 0.2) is 77.7 Å². The number of hydrogen-bond donors (Lipinski definition) is 0. The Kier molecular flexibility index (Phi) is 7.95. The molecule has 0 aliphatic rings. The van der Waals surface area contributed by atoms with Crippen molar-refractivity contribution in [1.29, 1.82) is 0 Å². The number of ether oxygens (including phenoxy) is 3. The van der Waals surface area contributed by atoms with Gasteiger partial charge in [0.05, 0.1) is 31.4 Å². The lowest BCUT2D eigenvalue weighted by Gasteiger charge is -2.23. The Hall–Kier alpha value is -3.52. The Morgan fingerprint density at radius 2 is 1.30 bits per heavy atom. The van der Waals surface area contributed by atoms with Crippen LogP contribution in [0.4, 0.5) is 5.69 Å². The molecular weight excluding hydrogens is 442 g/mol. The minimum absolute atomic E-state index is 0.00667. The average Bonchev–Trinajstić information content (AvgIpc) is 2.83. The Morgan fingerprint density at radius 1 is 0.788 bits per heavy atom. The van der Waals surface area contributed by atoms with Gasteiger partial charge in [0.1, 0.15) is 17.2 Å². The molecule has 0 fully saturated rings. The van der Waals surface area contributed by atoms with Crippen molar-refractivity contribution >= 4 is 21.6 Å². The SMILES string of the molecule is COc1ccc(OCCCC(=O)N(c2ccc(OC)cc2)S(=O)(=O)c2ccc(C)cc2)cc1. The molecule has 0 atom stereocenters. The lowest BCUT2D eigenvalue weighted by Crippen LogP contribution is -2.37. The van der Waals surface area contributed by atoms with Crippen molar-refractivity contribution in [2.45, 2.75) is 24.7 Å². The molecule has 8 heteroatoms. The highest BCUT2D eigenvalue weighted by Gasteiger charge is 2.30. The first-order valence-electron chi connectivity index (χ1n) is 10.4. The van der Waals surface area contributed by atoms with Gasteiger partial charge in [0.25, 0.3) is 10.0 Å². The molecule has 1 amide bonds. The van der Waals surface area contributed by atoms with Gasteiger partial charge in [0, 0.05) is 6.42 Å². The van der Waals surface area contributed by atoms with Gasteiger partial charge in [-0.15, -0.1) is 0 Å². The highest BCUT2D eigenvalue weighted by Crippen LogP contribution is 2.27. The summed E-state index contributed by atoms with van der Waals surface area (Å²) in [4.78, 5) is 13.2. The van der Waals surface area contributed by atoms with Gasteiger partial charge >= 0.3 is 0 Å². The number of carbonyl (C=O) groups is 1. The largest absolute Gasteiger partial charge is 0.497 e. The number of anilines is 1. The number of nitrogens with zero attached hydrogens (tertiary/aromatic N) is 1. The molecule has 0 spiro atoms. The number of sulfonamides is 1. The summed E-state index contributed by atoms with van der Waals surface area (Å²) >= 11 is 0. The van der Waals surface area contributed by atoms with Gasteiger partial charge < -0.3 is 14.2 Å². The summed E-state index contributed by atoms with van der Waals surface area (Å²) in [5.41, 5.74) is 1.17. The standard InChI is InChI=1S/C25H27NO6S/c1-19-6-16-24(17-7-19)33(28,29)26(20-8-10-21(30-2)11-9-20)25(27)5-4-18-32-23-14-12-22(31-3)13-15-23/h6-17H,4-5,18H2,1-3H3. The molecule has 174 valence electrons. The fraction of sp³-hybridized carbons (Fsp3) is 0.240. The zero-order valence-electron chi connectivity index (χ0n) is 18.9. The summed E-state index contributed by atoms with van der Waals surface area (Å²) in [7, 11) is -0.997. The van der Waals surface area contributed by atoms with E-state index in [9.17, 15) is 13.2 Å². The van der Waals surface area contributed by atoms with Gasteiger partial charge in [-0.1, -0.05) is 17.7 Å². The molecule has 3 rings (SSSR count). The molecule has 0 radical (unpaired) electrons. The third-order valence-corrected chi connectivity index (χ3v) is 6.72. The first kappa shape index (κ1) is 24.1. The fourth-order valence-electron chi connectivity index (χ4n) is 3.14. The first-order chi connectivity index (χ1) is 15.8. The third kappa shape index (κ3) is 6.04. The third-order valence-electron chi connectivity index (χ3n) is 4.96. The van der Waals surface area contributed by atoms with Gasteiger partial charge in [-0.3, -0.25) is 4.79 Å². The topological polar surface area (TPSA) is 82.1 Å². The maximum absolute atomic E-state index is 13.4. The number of benzene rings is 3. The van der Waals surface area contributed by atoms with Crippen molar-refractivity contribution in [1.82, 2.24) is 0 Å². The predicted molar refractivity (Wildman–Crippen MR) is 127 cm³/mol. The summed E-state index contributed by atoms with van der Waals surface area (Å²) in [5, 5.41) is 0. The number of carbonyl (C=O) groups excluding carboxylic acids is 1. The molecule has 0 bridgehead atoms. The highest BCUT2D eigenvalue weighted by atomic mass is 32.2. The van der Waals surface area contributed by atoms with E-state index in [4.69, 9.17) is 14.2 Å². The number of amides is 1. The second-order valence-corrected chi connectivity index (χ2v) is 9.09. The Morgan fingerprint density at radius 3 is 1.85 bits per heavy atom. The van der Waals surface area contributed by atoms with E-state index >= 15 is 0 Å². The van der Waals surface area contributed by atoms with Crippen molar-refractivity contribution in [2.75, 3.05) is 25.1 Å². The van der Waals surface area contributed by atoms with E-state index in [1.165, 1.54) is 19.2 Å². The fourth-order valence-corrected chi connectivity index (χ4v) is 4.59. The van der Waals surface area contributed by atoms with Gasteiger partial charge in [0.2, 0.25) is 5.91 Å². The number of methoxy groups -OCH3 is 2. The van der Waals surface area contributed by atoms with Crippen LogP contribution in [0.5, 0.6) is 17.2 Å². The molecule has 3 aromatic rings. The predicted octanol–water partition coefficient (Wildman–Crippen LogP) is 4.59. The van der Waals surface area contributed by atoms with E-state index in [0.717, 1.165) is 9.87 Å². The van der Waals surface area contributed by atoms with Crippen molar-refractivity contribution in [3.63, 3.8) is 0 Å².